The van der Waals surface area contributed by atoms with Gasteiger partial charge in [-0.25, -0.2) is 9.67 Å². The molecule has 0 bridgehead atoms. The Balaban J connectivity index is 1.70. The average Bonchev–Trinajstić information content (AvgIpc) is 3.24. The van der Waals surface area contributed by atoms with E-state index in [0.29, 0.717) is 38.6 Å². The molecule has 1 unspecified atom stereocenters. The number of likely N-dealkylation sites (tertiary alicyclic amines) is 1. The minimum absolute atomic E-state index is 0.0589. The third-order valence-corrected chi connectivity index (χ3v) is 5.00. The summed E-state index contributed by atoms with van der Waals surface area (Å²) < 4.78 is 39.8. The van der Waals surface area contributed by atoms with Gasteiger partial charge in [0.15, 0.2) is 5.96 Å². The van der Waals surface area contributed by atoms with Gasteiger partial charge in [0.05, 0.1) is 24.5 Å². The Morgan fingerprint density at radius 3 is 2.70 bits per heavy atom. The standard InChI is InChI=1S/C21H29F3N6/c1-4-25-20(27-18-9-10-29(13-18)14-21(22,23)24)26-12-17-7-5-6-8-19(17)30-16(3)11-15(2)28-30/h5-8,11,18H,4,9-10,12-14H2,1-3H3,(H2,25,26,27). The molecule has 2 heterocycles. The van der Waals surface area contributed by atoms with Crippen molar-refractivity contribution in [3.05, 3.63) is 47.3 Å². The summed E-state index contributed by atoms with van der Waals surface area (Å²) in [4.78, 5) is 6.11. The van der Waals surface area contributed by atoms with E-state index in [1.54, 1.807) is 0 Å². The van der Waals surface area contributed by atoms with Gasteiger partial charge in [-0.3, -0.25) is 4.90 Å². The maximum atomic E-state index is 12.6. The number of hydrogen-bond donors (Lipinski definition) is 2. The summed E-state index contributed by atoms with van der Waals surface area (Å²) >= 11 is 0. The first kappa shape index (κ1) is 22.1. The second kappa shape index (κ2) is 9.51. The summed E-state index contributed by atoms with van der Waals surface area (Å²) in [7, 11) is 0. The Kier molecular flexibility index (Phi) is 7.02. The molecule has 0 saturated carbocycles. The molecule has 9 heteroatoms. The van der Waals surface area contributed by atoms with Gasteiger partial charge in [0, 0.05) is 31.4 Å². The number of nitrogens with one attached hydrogen (secondary N) is 2. The van der Waals surface area contributed by atoms with Crippen LogP contribution in [0, 0.1) is 13.8 Å². The van der Waals surface area contributed by atoms with Gasteiger partial charge >= 0.3 is 6.18 Å². The van der Waals surface area contributed by atoms with Gasteiger partial charge in [0.25, 0.3) is 0 Å². The molecular formula is C21H29F3N6. The Hall–Kier alpha value is -2.55. The fourth-order valence-corrected chi connectivity index (χ4v) is 3.75. The zero-order valence-electron chi connectivity index (χ0n) is 17.6. The molecule has 0 amide bonds. The zero-order valence-corrected chi connectivity index (χ0v) is 17.6. The third-order valence-electron chi connectivity index (χ3n) is 5.00. The number of nitrogens with zero attached hydrogens (tertiary/aromatic N) is 4. The number of para-hydroxylation sites is 1. The van der Waals surface area contributed by atoms with Crippen LogP contribution in [0.15, 0.2) is 35.3 Å². The van der Waals surface area contributed by atoms with E-state index in [4.69, 9.17) is 0 Å². The van der Waals surface area contributed by atoms with E-state index < -0.39 is 12.7 Å². The molecule has 0 radical (unpaired) electrons. The molecule has 6 nitrogen and oxygen atoms in total. The van der Waals surface area contributed by atoms with Crippen LogP contribution in [-0.2, 0) is 6.54 Å². The number of halogens is 3. The van der Waals surface area contributed by atoms with E-state index in [0.717, 1.165) is 22.6 Å². The van der Waals surface area contributed by atoms with Crippen LogP contribution in [0.25, 0.3) is 5.69 Å². The summed E-state index contributed by atoms with van der Waals surface area (Å²) in [5.74, 6) is 0.611. The molecule has 0 aliphatic carbocycles. The first-order chi connectivity index (χ1) is 14.2. The molecule has 1 aromatic carbocycles. The van der Waals surface area contributed by atoms with Crippen LogP contribution in [0.2, 0.25) is 0 Å². The Morgan fingerprint density at radius 1 is 1.27 bits per heavy atom. The van der Waals surface area contributed by atoms with Crippen molar-refractivity contribution in [3.63, 3.8) is 0 Å². The van der Waals surface area contributed by atoms with Gasteiger partial charge in [0.1, 0.15) is 0 Å². The lowest BCUT2D eigenvalue weighted by atomic mass is 10.2. The van der Waals surface area contributed by atoms with Crippen molar-refractivity contribution in [1.29, 1.82) is 0 Å². The van der Waals surface area contributed by atoms with Gasteiger partial charge in [-0.05, 0) is 44.9 Å². The average molecular weight is 422 g/mol. The molecule has 1 aliphatic rings. The Morgan fingerprint density at radius 2 is 2.03 bits per heavy atom. The number of alkyl halides is 3. The van der Waals surface area contributed by atoms with E-state index in [1.807, 2.05) is 55.8 Å². The molecule has 1 saturated heterocycles. The van der Waals surface area contributed by atoms with Crippen LogP contribution < -0.4 is 10.6 Å². The zero-order chi connectivity index (χ0) is 21.7. The lowest BCUT2D eigenvalue weighted by Crippen LogP contribution is -2.45. The van der Waals surface area contributed by atoms with Crippen molar-refractivity contribution in [2.45, 2.75) is 46.0 Å². The van der Waals surface area contributed by atoms with Crippen molar-refractivity contribution in [1.82, 2.24) is 25.3 Å². The maximum absolute atomic E-state index is 12.6. The highest BCUT2D eigenvalue weighted by molar-refractivity contribution is 5.80. The number of aryl methyl sites for hydroxylation is 2. The monoisotopic (exact) mass is 422 g/mol. The fraction of sp³-hybridized carbons (Fsp3) is 0.524. The van der Waals surface area contributed by atoms with Gasteiger partial charge in [-0.1, -0.05) is 18.2 Å². The lowest BCUT2D eigenvalue weighted by Gasteiger charge is -2.20. The smallest absolute Gasteiger partial charge is 0.357 e. The normalized spacial score (nSPS) is 18.1. The molecule has 1 fully saturated rings. The number of hydrogen-bond acceptors (Lipinski definition) is 3. The molecule has 1 aliphatic heterocycles. The number of aromatic nitrogens is 2. The summed E-state index contributed by atoms with van der Waals surface area (Å²) in [6, 6.07) is 9.92. The molecule has 2 N–H and O–H groups in total. The quantitative estimate of drug-likeness (QED) is 0.555. The molecule has 0 spiro atoms. The summed E-state index contributed by atoms with van der Waals surface area (Å²) in [6.45, 7) is 6.95. The van der Waals surface area contributed by atoms with Crippen LogP contribution in [0.4, 0.5) is 13.2 Å². The molecule has 1 atom stereocenters. The fourth-order valence-electron chi connectivity index (χ4n) is 3.75. The molecule has 2 aromatic rings. The number of aliphatic imine (C=N–C) groups is 1. The summed E-state index contributed by atoms with van der Waals surface area (Å²) in [6.07, 6.45) is -3.51. The first-order valence-electron chi connectivity index (χ1n) is 10.2. The van der Waals surface area contributed by atoms with Crippen molar-refractivity contribution < 1.29 is 13.2 Å². The van der Waals surface area contributed by atoms with Gasteiger partial charge < -0.3 is 10.6 Å². The highest BCUT2D eigenvalue weighted by atomic mass is 19.4. The lowest BCUT2D eigenvalue weighted by molar-refractivity contribution is -0.143. The van der Waals surface area contributed by atoms with E-state index in [1.165, 1.54) is 4.90 Å². The van der Waals surface area contributed by atoms with Crippen molar-refractivity contribution in [3.8, 4) is 5.69 Å². The van der Waals surface area contributed by atoms with Gasteiger partial charge in [-0.15, -0.1) is 0 Å². The van der Waals surface area contributed by atoms with E-state index >= 15 is 0 Å². The Labute approximate surface area is 175 Å². The minimum Gasteiger partial charge on any atom is -0.357 e. The second-order valence-corrected chi connectivity index (χ2v) is 7.64. The maximum Gasteiger partial charge on any atom is 0.401 e. The molecule has 1 aromatic heterocycles. The molecule has 3 rings (SSSR count). The second-order valence-electron chi connectivity index (χ2n) is 7.64. The Bertz CT molecular complexity index is 874. The van der Waals surface area contributed by atoms with Gasteiger partial charge in [0.2, 0.25) is 0 Å². The van der Waals surface area contributed by atoms with Crippen LogP contribution in [0.1, 0.15) is 30.3 Å². The summed E-state index contributed by atoms with van der Waals surface area (Å²) in [5, 5.41) is 11.0. The molecular weight excluding hydrogens is 393 g/mol. The largest absolute Gasteiger partial charge is 0.401 e. The van der Waals surface area contributed by atoms with Crippen molar-refractivity contribution >= 4 is 5.96 Å². The highest BCUT2D eigenvalue weighted by Gasteiger charge is 2.34. The topological polar surface area (TPSA) is 57.5 Å². The molecule has 30 heavy (non-hydrogen) atoms. The highest BCUT2D eigenvalue weighted by Crippen LogP contribution is 2.20. The van der Waals surface area contributed by atoms with Crippen LogP contribution in [-0.4, -0.2) is 59.0 Å². The van der Waals surface area contributed by atoms with E-state index in [-0.39, 0.29) is 6.04 Å². The van der Waals surface area contributed by atoms with E-state index in [9.17, 15) is 13.2 Å². The predicted octanol–water partition coefficient (Wildman–Crippen LogP) is 3.18. The SMILES string of the molecule is CCNC(=NCc1ccccc1-n1nc(C)cc1C)NC1CCN(CC(F)(F)F)C1. The van der Waals surface area contributed by atoms with Gasteiger partial charge in [-0.2, -0.15) is 18.3 Å². The van der Waals surface area contributed by atoms with Crippen molar-refractivity contribution in [2.24, 2.45) is 4.99 Å². The third kappa shape index (κ3) is 5.98. The van der Waals surface area contributed by atoms with Crippen molar-refractivity contribution in [2.75, 3.05) is 26.2 Å². The number of guanidine groups is 1. The van der Waals surface area contributed by atoms with Crippen LogP contribution in [0.3, 0.4) is 0 Å². The number of benzene rings is 1. The van der Waals surface area contributed by atoms with Crippen LogP contribution in [0.5, 0.6) is 0 Å². The first-order valence-corrected chi connectivity index (χ1v) is 10.2. The summed E-state index contributed by atoms with van der Waals surface area (Å²) in [5.41, 5.74) is 3.99. The minimum atomic E-state index is -4.17. The van der Waals surface area contributed by atoms with Crippen LogP contribution >= 0.6 is 0 Å². The molecule has 164 valence electrons. The van der Waals surface area contributed by atoms with E-state index in [2.05, 4.69) is 20.7 Å². The number of rotatable bonds is 6. The predicted molar refractivity (Wildman–Crippen MR) is 112 cm³/mol.